The van der Waals surface area contributed by atoms with Crippen LogP contribution >= 0.6 is 0 Å². The van der Waals surface area contributed by atoms with Crippen molar-refractivity contribution in [2.45, 2.75) is 157 Å². The number of nitrogens with zero attached hydrogens (tertiary/aromatic N) is 2. The minimum atomic E-state index is 0.748. The van der Waals surface area contributed by atoms with Crippen LogP contribution in [0.5, 0.6) is 0 Å². The van der Waals surface area contributed by atoms with Crippen molar-refractivity contribution < 1.29 is 0 Å². The first-order valence-electron chi connectivity index (χ1n) is 15.0. The van der Waals surface area contributed by atoms with E-state index in [1.54, 1.807) is 0 Å². The molecule has 0 rings (SSSR count). The van der Waals surface area contributed by atoms with Crippen LogP contribution in [0.25, 0.3) is 0 Å². The molecule has 1 unspecified atom stereocenters. The fraction of sp³-hybridized carbons (Fsp3) is 1.00. The molecule has 194 valence electrons. The zero-order chi connectivity index (χ0) is 23.9. The van der Waals surface area contributed by atoms with E-state index in [9.17, 15) is 0 Å². The van der Waals surface area contributed by atoms with Crippen molar-refractivity contribution in [1.29, 1.82) is 0 Å². The third-order valence-corrected chi connectivity index (χ3v) is 7.15. The van der Waals surface area contributed by atoms with Crippen LogP contribution in [0.3, 0.4) is 0 Å². The topological polar surface area (TPSA) is 6.48 Å². The maximum atomic E-state index is 2.80. The first kappa shape index (κ1) is 31.9. The van der Waals surface area contributed by atoms with Gasteiger partial charge in [0.25, 0.3) is 0 Å². The number of hydrogen-bond acceptors (Lipinski definition) is 2. The molecule has 0 bridgehead atoms. The zero-order valence-corrected chi connectivity index (χ0v) is 23.6. The predicted molar refractivity (Wildman–Crippen MR) is 148 cm³/mol. The molecule has 0 amide bonds. The van der Waals surface area contributed by atoms with Crippen molar-refractivity contribution in [1.82, 2.24) is 9.80 Å². The predicted octanol–water partition coefficient (Wildman–Crippen LogP) is 9.33. The van der Waals surface area contributed by atoms with E-state index in [1.807, 2.05) is 0 Å². The molecule has 0 aromatic rings. The Morgan fingerprint density at radius 3 is 1.50 bits per heavy atom. The van der Waals surface area contributed by atoms with Crippen molar-refractivity contribution >= 4 is 0 Å². The molecule has 0 heterocycles. The maximum absolute atomic E-state index is 2.80. The summed E-state index contributed by atoms with van der Waals surface area (Å²) in [6.45, 7) is 20.6. The molecule has 0 spiro atoms. The summed E-state index contributed by atoms with van der Waals surface area (Å²) in [5.74, 6) is 0.883. The lowest BCUT2D eigenvalue weighted by molar-refractivity contribution is 0.157. The first-order valence-corrected chi connectivity index (χ1v) is 15.0. The molecule has 0 radical (unpaired) electrons. The van der Waals surface area contributed by atoms with Gasteiger partial charge in [-0.2, -0.15) is 0 Å². The van der Waals surface area contributed by atoms with Crippen LogP contribution in [-0.2, 0) is 0 Å². The Hall–Kier alpha value is -0.0800. The minimum absolute atomic E-state index is 0.748. The van der Waals surface area contributed by atoms with Gasteiger partial charge >= 0.3 is 0 Å². The van der Waals surface area contributed by atoms with Crippen LogP contribution in [0.2, 0.25) is 0 Å². The third kappa shape index (κ3) is 20.5. The summed E-state index contributed by atoms with van der Waals surface area (Å²) in [7, 11) is 0. The molecule has 32 heavy (non-hydrogen) atoms. The number of unbranched alkanes of at least 4 members (excludes halogenated alkanes) is 11. The highest BCUT2D eigenvalue weighted by Gasteiger charge is 2.14. The molecule has 0 N–H and O–H groups in total. The molecule has 0 fully saturated rings. The van der Waals surface area contributed by atoms with Crippen molar-refractivity contribution in [3.8, 4) is 0 Å². The minimum Gasteiger partial charge on any atom is -0.302 e. The van der Waals surface area contributed by atoms with Gasteiger partial charge in [0.1, 0.15) is 0 Å². The third-order valence-electron chi connectivity index (χ3n) is 7.15. The first-order chi connectivity index (χ1) is 15.5. The van der Waals surface area contributed by atoms with Gasteiger partial charge in [-0.05, 0) is 58.2 Å². The van der Waals surface area contributed by atoms with E-state index in [0.29, 0.717) is 0 Å². The lowest BCUT2D eigenvalue weighted by atomic mass is 10.0. The van der Waals surface area contributed by atoms with Crippen molar-refractivity contribution in [3.05, 3.63) is 0 Å². The molecule has 0 aliphatic carbocycles. The van der Waals surface area contributed by atoms with Gasteiger partial charge in [0.2, 0.25) is 0 Å². The Kier molecular flexibility index (Phi) is 24.0. The monoisotopic (exact) mass is 453 g/mol. The van der Waals surface area contributed by atoms with Gasteiger partial charge in [0, 0.05) is 19.1 Å². The second-order valence-corrected chi connectivity index (χ2v) is 10.9. The highest BCUT2D eigenvalue weighted by molar-refractivity contribution is 4.70. The summed E-state index contributed by atoms with van der Waals surface area (Å²) < 4.78 is 0. The lowest BCUT2D eigenvalue weighted by Crippen LogP contribution is -2.41. The number of hydrogen-bond donors (Lipinski definition) is 0. The Balaban J connectivity index is 4.17. The van der Waals surface area contributed by atoms with Gasteiger partial charge in [0.15, 0.2) is 0 Å². The highest BCUT2D eigenvalue weighted by Crippen LogP contribution is 2.14. The van der Waals surface area contributed by atoms with Crippen molar-refractivity contribution in [2.75, 3.05) is 32.7 Å². The van der Waals surface area contributed by atoms with E-state index in [0.717, 1.165) is 12.0 Å². The standard InChI is InChI=1S/C30H64N2/c1-7-10-12-20-25-31(27-28-32(24-9-3)30(6)23-11-8-2)26-21-18-16-14-13-15-17-19-22-29(4)5/h29-30H,7-28H2,1-6H3. The average Bonchev–Trinajstić information content (AvgIpc) is 2.77. The van der Waals surface area contributed by atoms with Gasteiger partial charge in [-0.1, -0.05) is 118 Å². The Morgan fingerprint density at radius 2 is 0.969 bits per heavy atom. The Morgan fingerprint density at radius 1 is 0.438 bits per heavy atom. The molecule has 0 aliphatic heterocycles. The molecular weight excluding hydrogens is 388 g/mol. The van der Waals surface area contributed by atoms with E-state index in [2.05, 4.69) is 51.3 Å². The van der Waals surface area contributed by atoms with E-state index >= 15 is 0 Å². The van der Waals surface area contributed by atoms with Gasteiger partial charge in [0.05, 0.1) is 0 Å². The fourth-order valence-corrected chi connectivity index (χ4v) is 4.84. The van der Waals surface area contributed by atoms with Crippen LogP contribution in [-0.4, -0.2) is 48.6 Å². The van der Waals surface area contributed by atoms with Gasteiger partial charge in [-0.15, -0.1) is 0 Å². The van der Waals surface area contributed by atoms with E-state index in [-0.39, 0.29) is 0 Å². The van der Waals surface area contributed by atoms with Crippen LogP contribution in [0.15, 0.2) is 0 Å². The van der Waals surface area contributed by atoms with Gasteiger partial charge < -0.3 is 4.90 Å². The normalized spacial score (nSPS) is 13.0. The Bertz CT molecular complexity index is 355. The van der Waals surface area contributed by atoms with E-state index in [4.69, 9.17) is 0 Å². The van der Waals surface area contributed by atoms with E-state index in [1.165, 1.54) is 142 Å². The molecule has 1 atom stereocenters. The molecular formula is C30H64N2. The summed E-state index contributed by atoms with van der Waals surface area (Å²) in [5.41, 5.74) is 0. The molecule has 0 aliphatic rings. The molecule has 2 nitrogen and oxygen atoms in total. The van der Waals surface area contributed by atoms with Crippen LogP contribution in [0.4, 0.5) is 0 Å². The summed E-state index contributed by atoms with van der Waals surface area (Å²) in [6.07, 6.45) is 23.9. The smallest absolute Gasteiger partial charge is 0.0112 e. The average molecular weight is 453 g/mol. The molecule has 0 saturated carbocycles. The maximum Gasteiger partial charge on any atom is 0.0112 e. The molecule has 2 heteroatoms. The van der Waals surface area contributed by atoms with Crippen LogP contribution < -0.4 is 0 Å². The molecule has 0 aromatic heterocycles. The SMILES string of the molecule is CCCCCCN(CCCCCCCCCCC(C)C)CCN(CCC)C(C)CCCC. The summed E-state index contributed by atoms with van der Waals surface area (Å²) in [5, 5.41) is 0. The summed E-state index contributed by atoms with van der Waals surface area (Å²) in [4.78, 5) is 5.57. The largest absolute Gasteiger partial charge is 0.302 e. The fourth-order valence-electron chi connectivity index (χ4n) is 4.84. The number of rotatable bonds is 25. The second kappa shape index (κ2) is 24.1. The summed E-state index contributed by atoms with van der Waals surface area (Å²) >= 11 is 0. The van der Waals surface area contributed by atoms with Gasteiger partial charge in [-0.25, -0.2) is 0 Å². The molecule has 0 saturated heterocycles. The second-order valence-electron chi connectivity index (χ2n) is 10.9. The zero-order valence-electron chi connectivity index (χ0n) is 23.6. The lowest BCUT2D eigenvalue weighted by Gasteiger charge is -2.32. The van der Waals surface area contributed by atoms with Gasteiger partial charge in [-0.3, -0.25) is 4.90 Å². The molecule has 0 aromatic carbocycles. The summed E-state index contributed by atoms with van der Waals surface area (Å²) in [6, 6.07) is 0.748. The highest BCUT2D eigenvalue weighted by atomic mass is 15.2. The van der Waals surface area contributed by atoms with Crippen LogP contribution in [0.1, 0.15) is 151 Å². The van der Waals surface area contributed by atoms with E-state index < -0.39 is 0 Å². The van der Waals surface area contributed by atoms with Crippen molar-refractivity contribution in [3.63, 3.8) is 0 Å². The Labute approximate surface area is 205 Å². The van der Waals surface area contributed by atoms with Crippen LogP contribution in [0, 0.1) is 5.92 Å². The quantitative estimate of drug-likeness (QED) is 0.127. The van der Waals surface area contributed by atoms with Crippen molar-refractivity contribution in [2.24, 2.45) is 5.92 Å².